The van der Waals surface area contributed by atoms with Gasteiger partial charge in [-0.25, -0.2) is 9.67 Å². The zero-order chi connectivity index (χ0) is 14.1. The number of aromatic nitrogens is 3. The molecule has 3 rings (SSSR count). The van der Waals surface area contributed by atoms with E-state index in [1.54, 1.807) is 0 Å². The first-order valence-electron chi connectivity index (χ1n) is 7.43. The maximum atomic E-state index is 5.82. The molecular weight excluding hydrogens is 252 g/mol. The Morgan fingerprint density at radius 2 is 2.35 bits per heavy atom. The minimum atomic E-state index is 0.184. The first-order valence-corrected chi connectivity index (χ1v) is 7.43. The van der Waals surface area contributed by atoms with Crippen LogP contribution in [0.25, 0.3) is 0 Å². The topological polar surface area (TPSA) is 55.9 Å². The molecule has 5 nitrogen and oxygen atoms in total. The van der Waals surface area contributed by atoms with Crippen molar-refractivity contribution in [2.45, 2.75) is 58.7 Å². The van der Waals surface area contributed by atoms with Crippen LogP contribution in [0.4, 0.5) is 0 Å². The molecule has 0 saturated heterocycles. The van der Waals surface area contributed by atoms with Crippen LogP contribution in [0.15, 0.2) is 16.5 Å². The lowest BCUT2D eigenvalue weighted by Crippen LogP contribution is -2.30. The van der Waals surface area contributed by atoms with Gasteiger partial charge in [-0.15, -0.1) is 0 Å². The fourth-order valence-corrected chi connectivity index (χ4v) is 2.83. The molecule has 2 atom stereocenters. The highest BCUT2D eigenvalue weighted by Gasteiger charge is 2.25. The van der Waals surface area contributed by atoms with Crippen molar-refractivity contribution < 1.29 is 4.42 Å². The Morgan fingerprint density at radius 1 is 1.50 bits per heavy atom. The zero-order valence-corrected chi connectivity index (χ0v) is 12.4. The largest absolute Gasteiger partial charge is 0.464 e. The van der Waals surface area contributed by atoms with Crippen LogP contribution in [-0.4, -0.2) is 14.8 Å². The van der Waals surface area contributed by atoms with Crippen LogP contribution in [0.1, 0.15) is 61.9 Å². The molecule has 0 amide bonds. The SMILES string of the molecule is CCc1ccc([C@H](C)N[C@H]2CCCn3nc(C)nc32)o1. The third-order valence-corrected chi connectivity index (χ3v) is 3.89. The van der Waals surface area contributed by atoms with Crippen molar-refractivity contribution in [1.29, 1.82) is 0 Å². The van der Waals surface area contributed by atoms with Gasteiger partial charge >= 0.3 is 0 Å². The highest BCUT2D eigenvalue weighted by molar-refractivity contribution is 5.11. The maximum Gasteiger partial charge on any atom is 0.147 e. The highest BCUT2D eigenvalue weighted by atomic mass is 16.3. The molecule has 2 aromatic heterocycles. The summed E-state index contributed by atoms with van der Waals surface area (Å²) in [6.07, 6.45) is 3.17. The first-order chi connectivity index (χ1) is 9.67. The first kappa shape index (κ1) is 13.4. The van der Waals surface area contributed by atoms with Crippen molar-refractivity contribution >= 4 is 0 Å². The predicted octanol–water partition coefficient (Wildman–Crippen LogP) is 2.93. The molecule has 0 fully saturated rings. The van der Waals surface area contributed by atoms with E-state index >= 15 is 0 Å². The molecule has 0 radical (unpaired) electrons. The Morgan fingerprint density at radius 3 is 3.10 bits per heavy atom. The van der Waals surface area contributed by atoms with E-state index in [4.69, 9.17) is 4.42 Å². The molecule has 20 heavy (non-hydrogen) atoms. The molecule has 1 aliphatic rings. The van der Waals surface area contributed by atoms with Crippen molar-refractivity contribution in [1.82, 2.24) is 20.1 Å². The van der Waals surface area contributed by atoms with Crippen molar-refractivity contribution in [3.63, 3.8) is 0 Å². The summed E-state index contributed by atoms with van der Waals surface area (Å²) in [7, 11) is 0. The summed E-state index contributed by atoms with van der Waals surface area (Å²) in [4.78, 5) is 4.56. The highest BCUT2D eigenvalue weighted by Crippen LogP contribution is 2.27. The monoisotopic (exact) mass is 274 g/mol. The molecular formula is C15H22N4O. The number of hydrogen-bond acceptors (Lipinski definition) is 4. The van der Waals surface area contributed by atoms with Gasteiger partial charge in [-0.05, 0) is 38.8 Å². The van der Waals surface area contributed by atoms with Crippen molar-refractivity contribution in [3.05, 3.63) is 35.3 Å². The van der Waals surface area contributed by atoms with Gasteiger partial charge in [0.1, 0.15) is 23.2 Å². The summed E-state index contributed by atoms with van der Waals surface area (Å²) in [5.41, 5.74) is 0. The summed E-state index contributed by atoms with van der Waals surface area (Å²) < 4.78 is 7.85. The van der Waals surface area contributed by atoms with Crippen LogP contribution in [-0.2, 0) is 13.0 Å². The molecule has 5 heteroatoms. The fraction of sp³-hybridized carbons (Fsp3) is 0.600. The van der Waals surface area contributed by atoms with Gasteiger partial charge in [0.05, 0.1) is 12.1 Å². The second-order valence-corrected chi connectivity index (χ2v) is 5.48. The molecule has 2 aromatic rings. The molecule has 0 aliphatic carbocycles. The van der Waals surface area contributed by atoms with Crippen molar-refractivity contribution in [2.75, 3.05) is 0 Å². The molecule has 1 aliphatic heterocycles. The van der Waals surface area contributed by atoms with Gasteiger partial charge < -0.3 is 4.42 Å². The quantitative estimate of drug-likeness (QED) is 0.931. The molecule has 3 heterocycles. The molecule has 0 spiro atoms. The summed E-state index contributed by atoms with van der Waals surface area (Å²) >= 11 is 0. The zero-order valence-electron chi connectivity index (χ0n) is 12.4. The number of hydrogen-bond donors (Lipinski definition) is 1. The molecule has 108 valence electrons. The summed E-state index contributed by atoms with van der Waals surface area (Å²) in [5, 5.41) is 8.07. The van der Waals surface area contributed by atoms with Crippen LogP contribution >= 0.6 is 0 Å². The Labute approximate surface area is 119 Å². The van der Waals surface area contributed by atoms with Gasteiger partial charge in [0.2, 0.25) is 0 Å². The van der Waals surface area contributed by atoms with Crippen LogP contribution in [0.3, 0.4) is 0 Å². The smallest absolute Gasteiger partial charge is 0.147 e. The Bertz CT molecular complexity index is 586. The van der Waals surface area contributed by atoms with E-state index in [0.717, 1.165) is 49.0 Å². The van der Waals surface area contributed by atoms with Gasteiger partial charge in [0, 0.05) is 13.0 Å². The number of furan rings is 1. The number of nitrogens with one attached hydrogen (secondary N) is 1. The van der Waals surface area contributed by atoms with Gasteiger partial charge in [0.25, 0.3) is 0 Å². The number of fused-ring (bicyclic) bond motifs is 1. The predicted molar refractivity (Wildman–Crippen MR) is 76.4 cm³/mol. The van der Waals surface area contributed by atoms with Gasteiger partial charge in [-0.3, -0.25) is 5.32 Å². The third kappa shape index (κ3) is 2.50. The summed E-state index contributed by atoms with van der Waals surface area (Å²) in [6.45, 7) is 7.17. The fourth-order valence-electron chi connectivity index (χ4n) is 2.83. The Balaban J connectivity index is 1.74. The second-order valence-electron chi connectivity index (χ2n) is 5.48. The lowest BCUT2D eigenvalue weighted by atomic mass is 10.1. The van der Waals surface area contributed by atoms with Gasteiger partial charge in [-0.1, -0.05) is 6.92 Å². The Kier molecular flexibility index (Phi) is 3.61. The third-order valence-electron chi connectivity index (χ3n) is 3.89. The average molecular weight is 274 g/mol. The van der Waals surface area contributed by atoms with Crippen LogP contribution in [0.2, 0.25) is 0 Å². The minimum Gasteiger partial charge on any atom is -0.464 e. The van der Waals surface area contributed by atoms with Crippen LogP contribution < -0.4 is 5.32 Å². The van der Waals surface area contributed by atoms with E-state index < -0.39 is 0 Å². The number of rotatable bonds is 4. The normalized spacial score (nSPS) is 19.9. The van der Waals surface area contributed by atoms with E-state index in [0.29, 0.717) is 0 Å². The van der Waals surface area contributed by atoms with Crippen molar-refractivity contribution in [2.24, 2.45) is 0 Å². The van der Waals surface area contributed by atoms with Crippen molar-refractivity contribution in [3.8, 4) is 0 Å². The maximum absolute atomic E-state index is 5.82. The van der Waals surface area contributed by atoms with E-state index in [1.807, 2.05) is 11.6 Å². The van der Waals surface area contributed by atoms with E-state index in [9.17, 15) is 0 Å². The number of nitrogens with zero attached hydrogens (tertiary/aromatic N) is 3. The average Bonchev–Trinajstić information content (AvgIpc) is 3.04. The lowest BCUT2D eigenvalue weighted by Gasteiger charge is -2.25. The van der Waals surface area contributed by atoms with Crippen LogP contribution in [0.5, 0.6) is 0 Å². The van der Waals surface area contributed by atoms with Gasteiger partial charge in [-0.2, -0.15) is 5.10 Å². The molecule has 0 unspecified atom stereocenters. The minimum absolute atomic E-state index is 0.184. The van der Waals surface area contributed by atoms with Gasteiger partial charge in [0.15, 0.2) is 0 Å². The van der Waals surface area contributed by atoms with E-state index in [2.05, 4.69) is 41.4 Å². The van der Waals surface area contributed by atoms with Crippen LogP contribution in [0, 0.1) is 6.92 Å². The molecule has 0 bridgehead atoms. The molecule has 1 N–H and O–H groups in total. The molecule has 0 saturated carbocycles. The molecule has 0 aromatic carbocycles. The van der Waals surface area contributed by atoms with E-state index in [1.165, 1.54) is 0 Å². The summed E-state index contributed by atoms with van der Waals surface area (Å²) in [6, 6.07) is 4.56. The Hall–Kier alpha value is -1.62. The lowest BCUT2D eigenvalue weighted by molar-refractivity contribution is 0.319. The second kappa shape index (κ2) is 5.40. The number of aryl methyl sites for hydroxylation is 3. The van der Waals surface area contributed by atoms with E-state index in [-0.39, 0.29) is 12.1 Å². The standard InChI is InChI=1S/C15H22N4O/c1-4-12-7-8-14(20-12)10(2)16-13-6-5-9-19-15(13)17-11(3)18-19/h7-8,10,13,16H,4-6,9H2,1-3H3/t10-,13-/m0/s1. The summed E-state index contributed by atoms with van der Waals surface area (Å²) in [5.74, 6) is 3.95.